The van der Waals surface area contributed by atoms with E-state index in [1.54, 1.807) is 13.8 Å². The fraction of sp³-hybridized carbons (Fsp3) is 0.333. The number of nitro groups is 1. The lowest BCUT2D eigenvalue weighted by Crippen LogP contribution is -2.46. The van der Waals surface area contributed by atoms with Crippen LogP contribution in [0, 0.1) is 10.1 Å². The Kier molecular flexibility index (Phi) is 10.1. The molecule has 0 aromatic heterocycles. The molecule has 1 fully saturated rings. The van der Waals surface area contributed by atoms with E-state index in [4.69, 9.17) is 9.47 Å². The smallest absolute Gasteiger partial charge is 0.337 e. The summed E-state index contributed by atoms with van der Waals surface area (Å²) >= 11 is 0. The molecule has 0 aliphatic carbocycles. The predicted molar refractivity (Wildman–Crippen MR) is 172 cm³/mol. The van der Waals surface area contributed by atoms with Crippen molar-refractivity contribution in [1.82, 2.24) is 10.2 Å². The summed E-state index contributed by atoms with van der Waals surface area (Å²) in [6, 6.07) is 25.5. The maximum Gasteiger partial charge on any atom is 0.337 e. The lowest BCUT2D eigenvalue weighted by molar-refractivity contribution is -0.384. The van der Waals surface area contributed by atoms with E-state index in [0.29, 0.717) is 25.2 Å². The number of alkyl halides is 2. The molecule has 0 radical (unpaired) electrons. The second-order valence-electron chi connectivity index (χ2n) is 11.9. The molecule has 0 amide bonds. The summed E-state index contributed by atoms with van der Waals surface area (Å²) in [5, 5.41) is 14.6. The Morgan fingerprint density at radius 2 is 1.55 bits per heavy atom. The number of carbonyl (C=O) groups excluding carboxylic acids is 2. The van der Waals surface area contributed by atoms with Gasteiger partial charge in [0.05, 0.1) is 29.1 Å². The van der Waals surface area contributed by atoms with Gasteiger partial charge in [-0.2, -0.15) is 0 Å². The van der Waals surface area contributed by atoms with E-state index in [-0.39, 0.29) is 47.0 Å². The molecule has 3 aromatic rings. The summed E-state index contributed by atoms with van der Waals surface area (Å²) in [7, 11) is 1.18. The third kappa shape index (κ3) is 7.10. The van der Waals surface area contributed by atoms with Crippen molar-refractivity contribution in [2.75, 3.05) is 26.7 Å². The molecule has 2 unspecified atom stereocenters. The van der Waals surface area contributed by atoms with Crippen LogP contribution in [0.1, 0.15) is 55.2 Å². The molecule has 3 aromatic carbocycles. The van der Waals surface area contributed by atoms with E-state index in [1.165, 1.54) is 31.4 Å². The van der Waals surface area contributed by atoms with Crippen LogP contribution in [0.4, 0.5) is 14.5 Å². The highest BCUT2D eigenvalue weighted by atomic mass is 19.3. The monoisotopic (exact) mass is 645 g/mol. The highest BCUT2D eigenvalue weighted by molar-refractivity contribution is 6.00. The van der Waals surface area contributed by atoms with Crippen LogP contribution in [-0.4, -0.2) is 60.5 Å². The van der Waals surface area contributed by atoms with Gasteiger partial charge in [0.1, 0.15) is 0 Å². The first kappa shape index (κ1) is 33.5. The average Bonchev–Trinajstić information content (AvgIpc) is 3.49. The maximum absolute atomic E-state index is 14.9. The van der Waals surface area contributed by atoms with Crippen LogP contribution < -0.4 is 5.32 Å². The summed E-state index contributed by atoms with van der Waals surface area (Å²) < 4.78 is 40.6. The number of halogens is 2. The number of likely N-dealkylation sites (tertiary alicyclic amines) is 1. The highest BCUT2D eigenvalue weighted by Crippen LogP contribution is 2.42. The number of hydrogen-bond acceptors (Lipinski definition) is 8. The minimum Gasteiger partial charge on any atom is -0.466 e. The number of allylic oxidation sites excluding steroid dienone is 2. The number of dihydropyridines is 1. The number of nitrogens with one attached hydrogen (secondary N) is 1. The van der Waals surface area contributed by atoms with Gasteiger partial charge >= 0.3 is 11.9 Å². The Balaban J connectivity index is 1.40. The molecule has 47 heavy (non-hydrogen) atoms. The Labute approximate surface area is 272 Å². The van der Waals surface area contributed by atoms with Crippen LogP contribution in [0.5, 0.6) is 0 Å². The second-order valence-corrected chi connectivity index (χ2v) is 11.9. The lowest BCUT2D eigenvalue weighted by atomic mass is 9.80. The van der Waals surface area contributed by atoms with E-state index in [1.807, 2.05) is 41.3 Å². The highest BCUT2D eigenvalue weighted by Gasteiger charge is 2.51. The molecule has 5 rings (SSSR count). The number of benzene rings is 3. The molecular formula is C36H37F2N3O6. The van der Waals surface area contributed by atoms with E-state index in [2.05, 4.69) is 29.6 Å². The standard InChI is InChI=1S/C36H37F2N3O6/c1-23-30(33(42)46-3)32(27-15-10-16-28(21-27)41(44)45)31(24(2)39-23)34(43)47-36(35(37)38)18-20-40(22-36)19-17-29(25-11-6-4-7-12-25)26-13-8-5-9-14-26/h4-16,21,29,32,35,39H,17-20,22H2,1-3H3. The molecule has 2 aliphatic rings. The third-order valence-corrected chi connectivity index (χ3v) is 8.97. The minimum atomic E-state index is -2.98. The van der Waals surface area contributed by atoms with Crippen LogP contribution in [0.15, 0.2) is 107 Å². The second kappa shape index (κ2) is 14.3. The van der Waals surface area contributed by atoms with Gasteiger partial charge in [-0.1, -0.05) is 72.8 Å². The number of rotatable bonds is 11. The molecule has 246 valence electrons. The Morgan fingerprint density at radius 1 is 0.957 bits per heavy atom. The number of methoxy groups -OCH3 is 1. The largest absolute Gasteiger partial charge is 0.466 e. The first-order valence-corrected chi connectivity index (χ1v) is 15.4. The van der Waals surface area contributed by atoms with Crippen molar-refractivity contribution < 1.29 is 32.8 Å². The normalized spacial score (nSPS) is 20.0. The molecular weight excluding hydrogens is 608 g/mol. The van der Waals surface area contributed by atoms with Gasteiger partial charge in [0.2, 0.25) is 0 Å². The van der Waals surface area contributed by atoms with E-state index in [0.717, 1.165) is 11.1 Å². The number of ether oxygens (including phenoxy) is 2. The first-order chi connectivity index (χ1) is 22.5. The van der Waals surface area contributed by atoms with Crippen molar-refractivity contribution in [2.45, 2.75) is 50.6 Å². The van der Waals surface area contributed by atoms with Gasteiger partial charge in [-0.15, -0.1) is 0 Å². The number of carbonyl (C=O) groups is 2. The minimum absolute atomic E-state index is 0.0255. The summed E-state index contributed by atoms with van der Waals surface area (Å²) in [6.07, 6.45) is -2.41. The number of hydrogen-bond donors (Lipinski definition) is 1. The third-order valence-electron chi connectivity index (χ3n) is 8.97. The molecule has 2 atom stereocenters. The van der Waals surface area contributed by atoms with Crippen LogP contribution >= 0.6 is 0 Å². The lowest BCUT2D eigenvalue weighted by Gasteiger charge is -2.34. The fourth-order valence-corrected chi connectivity index (χ4v) is 6.62. The predicted octanol–water partition coefficient (Wildman–Crippen LogP) is 6.48. The molecule has 0 spiro atoms. The quantitative estimate of drug-likeness (QED) is 0.143. The van der Waals surface area contributed by atoms with Gasteiger partial charge in [-0.3, -0.25) is 15.0 Å². The van der Waals surface area contributed by atoms with Gasteiger partial charge < -0.3 is 14.8 Å². The fourth-order valence-electron chi connectivity index (χ4n) is 6.62. The summed E-state index contributed by atoms with van der Waals surface area (Å²) in [5.74, 6) is -2.91. The van der Waals surface area contributed by atoms with Crippen LogP contribution in [0.3, 0.4) is 0 Å². The van der Waals surface area contributed by atoms with Gasteiger partial charge in [0, 0.05) is 49.0 Å². The van der Waals surface area contributed by atoms with E-state index in [9.17, 15) is 28.5 Å². The van der Waals surface area contributed by atoms with Crippen molar-refractivity contribution in [2.24, 2.45) is 0 Å². The number of non-ortho nitro benzene ring substituents is 1. The van der Waals surface area contributed by atoms with Gasteiger partial charge in [-0.25, -0.2) is 18.4 Å². The van der Waals surface area contributed by atoms with Crippen LogP contribution in [0.2, 0.25) is 0 Å². The number of nitrogens with zero attached hydrogens (tertiary/aromatic N) is 2. The van der Waals surface area contributed by atoms with Gasteiger partial charge in [-0.05, 0) is 43.5 Å². The van der Waals surface area contributed by atoms with E-state index < -0.39 is 34.8 Å². The Hall–Kier alpha value is -4.90. The topological polar surface area (TPSA) is 111 Å². The van der Waals surface area contributed by atoms with Crippen LogP contribution in [-0.2, 0) is 19.1 Å². The van der Waals surface area contributed by atoms with Crippen molar-refractivity contribution in [3.05, 3.63) is 134 Å². The molecule has 0 saturated carbocycles. The molecule has 9 nitrogen and oxygen atoms in total. The SMILES string of the molecule is COC(=O)C1=C(C)NC(C)=C(C(=O)OC2(C(F)F)CCN(CCC(c3ccccc3)c3ccccc3)C2)C1c1cccc([N+](=O)[O-])c1. The number of esters is 2. The first-order valence-electron chi connectivity index (χ1n) is 15.4. The Morgan fingerprint density at radius 3 is 2.11 bits per heavy atom. The molecule has 0 bridgehead atoms. The zero-order valence-electron chi connectivity index (χ0n) is 26.5. The van der Waals surface area contributed by atoms with E-state index >= 15 is 0 Å². The average molecular weight is 646 g/mol. The van der Waals surface area contributed by atoms with Crippen molar-refractivity contribution in [3.8, 4) is 0 Å². The molecule has 1 saturated heterocycles. The van der Waals surface area contributed by atoms with Crippen LogP contribution in [0.25, 0.3) is 0 Å². The van der Waals surface area contributed by atoms with Crippen molar-refractivity contribution in [3.63, 3.8) is 0 Å². The van der Waals surface area contributed by atoms with Crippen molar-refractivity contribution in [1.29, 1.82) is 0 Å². The molecule has 2 aliphatic heterocycles. The van der Waals surface area contributed by atoms with Gasteiger partial charge in [0.15, 0.2) is 5.60 Å². The Bertz CT molecular complexity index is 1660. The molecule has 2 heterocycles. The van der Waals surface area contributed by atoms with Gasteiger partial charge in [0.25, 0.3) is 12.1 Å². The summed E-state index contributed by atoms with van der Waals surface area (Å²) in [5.41, 5.74) is 0.720. The summed E-state index contributed by atoms with van der Waals surface area (Å²) in [6.45, 7) is 3.80. The zero-order chi connectivity index (χ0) is 33.7. The van der Waals surface area contributed by atoms with Crippen molar-refractivity contribution >= 4 is 17.6 Å². The molecule has 1 N–H and O–H groups in total. The number of nitro benzene ring substituents is 1. The maximum atomic E-state index is 14.9. The molecule has 11 heteroatoms. The zero-order valence-corrected chi connectivity index (χ0v) is 26.5. The summed E-state index contributed by atoms with van der Waals surface area (Å²) in [4.78, 5) is 39.9.